The molecule has 0 fully saturated rings. The van der Waals surface area contributed by atoms with Crippen molar-refractivity contribution in [2.75, 3.05) is 51.6 Å². The van der Waals surface area contributed by atoms with Gasteiger partial charge >= 0.3 is 6.03 Å². The summed E-state index contributed by atoms with van der Waals surface area (Å²) in [6.07, 6.45) is -0.701. The second kappa shape index (κ2) is 14.6. The van der Waals surface area contributed by atoms with Gasteiger partial charge in [-0.15, -0.1) is 0 Å². The second-order valence-electron chi connectivity index (χ2n) is 11.0. The number of anilines is 2. The molecule has 242 valence electrons. The number of hydrogen-bond acceptors (Lipinski definition) is 8. The number of likely N-dealkylation sites (N-methyl/N-ethyl adjacent to an activating group) is 1. The Morgan fingerprint density at radius 2 is 1.60 bits per heavy atom. The van der Waals surface area contributed by atoms with E-state index in [4.69, 9.17) is 14.2 Å². The number of ether oxygens (including phenoxy) is 3. The summed E-state index contributed by atoms with van der Waals surface area (Å²) in [7, 11) is 0.671. The number of aliphatic hydroxyl groups excluding tert-OH is 1. The number of methoxy groups -OCH3 is 2. The molecular formula is C32H40N4O8S. The van der Waals surface area contributed by atoms with Crippen LogP contribution in [0.3, 0.4) is 0 Å². The summed E-state index contributed by atoms with van der Waals surface area (Å²) in [5.74, 6) is 1.06. The van der Waals surface area contributed by atoms with E-state index in [1.165, 1.54) is 30.6 Å². The van der Waals surface area contributed by atoms with Crippen LogP contribution in [0.4, 0.5) is 16.2 Å². The number of aliphatic hydroxyl groups is 1. The number of nitrogens with one attached hydrogen (secondary N) is 2. The lowest BCUT2D eigenvalue weighted by Gasteiger charge is -2.33. The van der Waals surface area contributed by atoms with E-state index in [2.05, 4.69) is 10.6 Å². The van der Waals surface area contributed by atoms with Gasteiger partial charge in [0, 0.05) is 36.4 Å². The molecule has 13 heteroatoms. The first-order valence-corrected chi connectivity index (χ1v) is 15.9. The Kier molecular flexibility index (Phi) is 10.9. The van der Waals surface area contributed by atoms with Gasteiger partial charge in [0.2, 0.25) is 15.9 Å². The molecule has 0 aliphatic carbocycles. The van der Waals surface area contributed by atoms with Crippen molar-refractivity contribution in [3.63, 3.8) is 0 Å². The fourth-order valence-corrected chi connectivity index (χ4v) is 6.16. The maximum absolute atomic E-state index is 13.5. The minimum absolute atomic E-state index is 0.00518. The molecule has 3 amide bonds. The Balaban J connectivity index is 1.59. The maximum atomic E-state index is 13.5. The van der Waals surface area contributed by atoms with E-state index in [1.807, 2.05) is 6.92 Å². The zero-order chi connectivity index (χ0) is 32.7. The molecule has 3 N–H and O–H groups in total. The van der Waals surface area contributed by atoms with E-state index >= 15 is 0 Å². The van der Waals surface area contributed by atoms with Crippen LogP contribution in [0.5, 0.6) is 17.2 Å². The van der Waals surface area contributed by atoms with Gasteiger partial charge in [-0.1, -0.05) is 6.92 Å². The summed E-state index contributed by atoms with van der Waals surface area (Å²) >= 11 is 0. The average molecular weight is 641 g/mol. The molecule has 1 aliphatic rings. The van der Waals surface area contributed by atoms with Crippen LogP contribution in [-0.4, -0.2) is 87.8 Å². The van der Waals surface area contributed by atoms with Crippen molar-refractivity contribution in [3.05, 3.63) is 72.3 Å². The number of fused-ring (bicyclic) bond motifs is 1. The van der Waals surface area contributed by atoms with Crippen LogP contribution in [0.1, 0.15) is 19.4 Å². The lowest BCUT2D eigenvalue weighted by atomic mass is 10.0. The van der Waals surface area contributed by atoms with Gasteiger partial charge in [0.1, 0.15) is 23.4 Å². The summed E-state index contributed by atoms with van der Waals surface area (Å²) in [6.45, 7) is 3.63. The van der Waals surface area contributed by atoms with Gasteiger partial charge < -0.3 is 34.9 Å². The highest BCUT2D eigenvalue weighted by Gasteiger charge is 2.33. The minimum Gasteiger partial charge on any atom is -0.497 e. The number of hydrogen-bond donors (Lipinski definition) is 3. The van der Waals surface area contributed by atoms with E-state index < -0.39 is 28.2 Å². The first-order chi connectivity index (χ1) is 21.4. The normalized spacial score (nSPS) is 17.7. The molecule has 0 saturated carbocycles. The minimum atomic E-state index is -3.87. The third kappa shape index (κ3) is 8.24. The molecule has 1 heterocycles. The van der Waals surface area contributed by atoms with Crippen molar-refractivity contribution >= 4 is 33.3 Å². The van der Waals surface area contributed by atoms with E-state index in [0.717, 1.165) is 0 Å². The lowest BCUT2D eigenvalue weighted by molar-refractivity contribution is -0.134. The number of nitrogens with zero attached hydrogens (tertiary/aromatic N) is 2. The van der Waals surface area contributed by atoms with Gasteiger partial charge in [0.25, 0.3) is 0 Å². The number of urea groups is 1. The SMILES string of the molecule is COc1ccc(NC(=O)Nc2ccc3c(c2)CC(=O)N([C@@H](C)CO)C[C@H](C)[C@H](CN(C)S(=O)(=O)c2ccc(OC)cc2)O3)cc1. The third-order valence-electron chi connectivity index (χ3n) is 7.73. The van der Waals surface area contributed by atoms with Crippen LogP contribution in [-0.2, 0) is 21.2 Å². The molecule has 0 unspecified atom stereocenters. The van der Waals surface area contributed by atoms with Crippen LogP contribution in [0, 0.1) is 5.92 Å². The largest absolute Gasteiger partial charge is 0.497 e. The zero-order valence-corrected chi connectivity index (χ0v) is 26.8. The Bertz CT molecular complexity index is 1580. The molecule has 3 aromatic carbocycles. The topological polar surface area (TPSA) is 147 Å². The van der Waals surface area contributed by atoms with E-state index in [9.17, 15) is 23.1 Å². The first-order valence-electron chi connectivity index (χ1n) is 14.5. The number of rotatable bonds is 10. The number of carbonyl (C=O) groups is 2. The summed E-state index contributed by atoms with van der Waals surface area (Å²) in [5, 5.41) is 15.4. The van der Waals surface area contributed by atoms with Gasteiger partial charge in [-0.2, -0.15) is 4.31 Å². The van der Waals surface area contributed by atoms with Crippen LogP contribution in [0.25, 0.3) is 0 Å². The molecule has 1 aliphatic heterocycles. The van der Waals surface area contributed by atoms with Gasteiger partial charge in [0.05, 0.1) is 44.7 Å². The Morgan fingerprint density at radius 3 is 2.20 bits per heavy atom. The number of sulfonamides is 1. The van der Waals surface area contributed by atoms with Crippen molar-refractivity contribution in [1.82, 2.24) is 9.21 Å². The van der Waals surface area contributed by atoms with Gasteiger partial charge in [-0.3, -0.25) is 4.79 Å². The van der Waals surface area contributed by atoms with Crippen LogP contribution >= 0.6 is 0 Å². The molecular weight excluding hydrogens is 600 g/mol. The first kappa shape index (κ1) is 33.6. The van der Waals surface area contributed by atoms with E-state index in [1.54, 1.807) is 73.5 Å². The predicted octanol–water partition coefficient (Wildman–Crippen LogP) is 3.82. The summed E-state index contributed by atoms with van der Waals surface area (Å²) in [5.41, 5.74) is 1.51. The fraction of sp³-hybridized carbons (Fsp3) is 0.375. The van der Waals surface area contributed by atoms with Gasteiger partial charge in [-0.25, -0.2) is 13.2 Å². The van der Waals surface area contributed by atoms with Crippen LogP contribution < -0.4 is 24.8 Å². The van der Waals surface area contributed by atoms with Crippen molar-refractivity contribution in [2.45, 2.75) is 37.3 Å². The van der Waals surface area contributed by atoms with E-state index in [0.29, 0.717) is 34.2 Å². The molecule has 0 radical (unpaired) electrons. The monoisotopic (exact) mass is 640 g/mol. The maximum Gasteiger partial charge on any atom is 0.323 e. The molecule has 12 nitrogen and oxygen atoms in total. The van der Waals surface area contributed by atoms with Gasteiger partial charge in [-0.05, 0) is 73.7 Å². The molecule has 0 spiro atoms. The molecule has 4 rings (SSSR count). The second-order valence-corrected chi connectivity index (χ2v) is 13.0. The lowest BCUT2D eigenvalue weighted by Crippen LogP contribution is -2.48. The summed E-state index contributed by atoms with van der Waals surface area (Å²) in [4.78, 5) is 27.9. The van der Waals surface area contributed by atoms with E-state index in [-0.39, 0.29) is 42.8 Å². The summed E-state index contributed by atoms with van der Waals surface area (Å²) < 4.78 is 44.9. The van der Waals surface area contributed by atoms with Crippen molar-refractivity contribution in [3.8, 4) is 17.2 Å². The number of carbonyl (C=O) groups excluding carboxylic acids is 2. The van der Waals surface area contributed by atoms with Crippen molar-refractivity contribution < 1.29 is 37.3 Å². The molecule has 45 heavy (non-hydrogen) atoms. The van der Waals surface area contributed by atoms with Crippen molar-refractivity contribution in [2.24, 2.45) is 5.92 Å². The molecule has 3 aromatic rings. The standard InChI is InChI=1S/C32H40N4O8S/c1-21-18-36(22(2)20-37)31(38)17-23-16-25(34-32(39)33-24-6-9-26(42-4)10-7-24)8-15-29(23)44-30(21)19-35(3)45(40,41)28-13-11-27(43-5)12-14-28/h6-16,21-22,30,37H,17-20H2,1-5H3,(H2,33,34,39)/t21-,22-,30-/m0/s1. The number of benzene rings is 3. The molecule has 0 bridgehead atoms. The zero-order valence-electron chi connectivity index (χ0n) is 26.0. The Hall–Kier alpha value is -4.33. The highest BCUT2D eigenvalue weighted by molar-refractivity contribution is 7.89. The highest BCUT2D eigenvalue weighted by Crippen LogP contribution is 2.30. The predicted molar refractivity (Wildman–Crippen MR) is 170 cm³/mol. The molecule has 0 aromatic heterocycles. The molecule has 3 atom stereocenters. The fourth-order valence-electron chi connectivity index (χ4n) is 4.97. The quantitative estimate of drug-likeness (QED) is 0.303. The Morgan fingerprint density at radius 1 is 1.02 bits per heavy atom. The number of amides is 3. The van der Waals surface area contributed by atoms with Crippen molar-refractivity contribution in [1.29, 1.82) is 0 Å². The Labute approximate surface area is 263 Å². The smallest absolute Gasteiger partial charge is 0.323 e. The third-order valence-corrected chi connectivity index (χ3v) is 9.56. The highest BCUT2D eigenvalue weighted by atomic mass is 32.2. The molecule has 0 saturated heterocycles. The van der Waals surface area contributed by atoms with Gasteiger partial charge in [0.15, 0.2) is 0 Å². The summed E-state index contributed by atoms with van der Waals surface area (Å²) in [6, 6.07) is 17.0. The average Bonchev–Trinajstić information content (AvgIpc) is 3.08. The van der Waals surface area contributed by atoms with Crippen LogP contribution in [0.2, 0.25) is 0 Å². The van der Waals surface area contributed by atoms with Crippen LogP contribution in [0.15, 0.2) is 71.6 Å².